The molecule has 3 saturated carbocycles. The highest BCUT2D eigenvalue weighted by molar-refractivity contribution is 5.72. The lowest BCUT2D eigenvalue weighted by Crippen LogP contribution is -2.55. The Labute approximate surface area is 213 Å². The number of rotatable bonds is 4. The van der Waals surface area contributed by atoms with Crippen molar-refractivity contribution < 1.29 is 14.6 Å². The third kappa shape index (κ3) is 4.02. The Kier molecular flexibility index (Phi) is 6.66. The van der Waals surface area contributed by atoms with Crippen molar-refractivity contribution in [2.24, 2.45) is 39.4 Å². The van der Waals surface area contributed by atoms with E-state index in [-0.39, 0.29) is 29.6 Å². The van der Waals surface area contributed by atoms with Crippen LogP contribution in [0.15, 0.2) is 0 Å². The predicted molar refractivity (Wildman–Crippen MR) is 140 cm³/mol. The zero-order valence-corrected chi connectivity index (χ0v) is 23.3. The van der Waals surface area contributed by atoms with Crippen LogP contribution in [-0.2, 0) is 9.53 Å². The first-order valence-electron chi connectivity index (χ1n) is 14.8. The summed E-state index contributed by atoms with van der Waals surface area (Å²) in [6, 6.07) is 0.586. The van der Waals surface area contributed by atoms with Gasteiger partial charge in [0.05, 0.1) is 18.3 Å². The van der Waals surface area contributed by atoms with E-state index >= 15 is 0 Å². The maximum Gasteiger partial charge on any atom is 0.216 e. The van der Waals surface area contributed by atoms with Gasteiger partial charge < -0.3 is 20.5 Å². The van der Waals surface area contributed by atoms with Crippen LogP contribution in [0.5, 0.6) is 0 Å². The molecule has 1 amide bonds. The number of carbonyl (C=O) groups excluding carboxylic acids is 1. The molecule has 3 N–H and O–H groups in total. The summed E-state index contributed by atoms with van der Waals surface area (Å²) in [6.07, 6.45) is 12.2. The van der Waals surface area contributed by atoms with Crippen molar-refractivity contribution >= 4 is 5.91 Å². The Morgan fingerprint density at radius 2 is 1.89 bits per heavy atom. The standard InChI is InChI=1S/C30H52N2O3/c1-7-28(6)13-14-30-18-29(30)12-10-25(34)27(4,5)23(29)8-9-24(30)32-17-22-26(28)19(2)16-21(35-22)11-15-31-20(3)33/h19,21-26,32,34H,7-18H2,1-6H3,(H,31,33)/t19-,21?,22?,23?,24-,25+,26?,28-,29-,30+/m1/s1. The number of fused-ring (bicyclic) bond motifs is 1. The zero-order chi connectivity index (χ0) is 25.2. The van der Waals surface area contributed by atoms with Gasteiger partial charge in [-0.3, -0.25) is 4.79 Å². The van der Waals surface area contributed by atoms with E-state index in [4.69, 9.17) is 4.74 Å². The van der Waals surface area contributed by atoms with Crippen molar-refractivity contribution in [1.29, 1.82) is 0 Å². The lowest BCUT2D eigenvalue weighted by molar-refractivity contribution is -0.143. The number of hydrogen-bond acceptors (Lipinski definition) is 4. The lowest BCUT2D eigenvalue weighted by Gasteiger charge is -2.54. The fourth-order valence-corrected chi connectivity index (χ4v) is 10.3. The first kappa shape index (κ1) is 26.0. The Hall–Kier alpha value is -0.650. The van der Waals surface area contributed by atoms with Gasteiger partial charge in [0.2, 0.25) is 5.91 Å². The molecular formula is C30H52N2O3. The molecule has 5 heteroatoms. The second-order valence-electron chi connectivity index (χ2n) is 14.3. The van der Waals surface area contributed by atoms with Crippen LogP contribution in [0.4, 0.5) is 0 Å². The van der Waals surface area contributed by atoms with Crippen LogP contribution in [-0.4, -0.2) is 48.5 Å². The van der Waals surface area contributed by atoms with E-state index in [0.717, 1.165) is 25.8 Å². The Morgan fingerprint density at radius 3 is 2.60 bits per heavy atom. The highest BCUT2D eigenvalue weighted by Gasteiger charge is 2.77. The summed E-state index contributed by atoms with van der Waals surface area (Å²) in [4.78, 5) is 11.4. The molecule has 5 rings (SSSR count). The van der Waals surface area contributed by atoms with Gasteiger partial charge in [0.1, 0.15) is 0 Å². The molecule has 35 heavy (non-hydrogen) atoms. The minimum atomic E-state index is -0.149. The average Bonchev–Trinajstić information content (AvgIpc) is 3.46. The molecule has 3 aliphatic carbocycles. The molecule has 5 aliphatic rings. The maximum absolute atomic E-state index is 11.4. The first-order valence-corrected chi connectivity index (χ1v) is 14.8. The molecule has 5 nitrogen and oxygen atoms in total. The SMILES string of the molecule is CC[C@]1(C)CC[C@@]23C[C@@]24CC[C@H](O)C(C)(C)C4CC[C@H]3NCC2OC(CCNC(C)=O)C[C@@H](C)C21. The van der Waals surface area contributed by atoms with Gasteiger partial charge in [-0.05, 0) is 97.2 Å². The number of ether oxygens (including phenoxy) is 1. The van der Waals surface area contributed by atoms with Gasteiger partial charge in [-0.15, -0.1) is 0 Å². The van der Waals surface area contributed by atoms with Gasteiger partial charge in [0.15, 0.2) is 0 Å². The van der Waals surface area contributed by atoms with Crippen molar-refractivity contribution in [3.63, 3.8) is 0 Å². The highest BCUT2D eigenvalue weighted by Crippen LogP contribution is 2.81. The van der Waals surface area contributed by atoms with Gasteiger partial charge >= 0.3 is 0 Å². The van der Waals surface area contributed by atoms with Crippen molar-refractivity contribution in [2.75, 3.05) is 13.1 Å². The number of carbonyl (C=O) groups is 1. The van der Waals surface area contributed by atoms with Crippen LogP contribution < -0.4 is 10.6 Å². The minimum absolute atomic E-state index is 0.0337. The van der Waals surface area contributed by atoms with Crippen LogP contribution >= 0.6 is 0 Å². The highest BCUT2D eigenvalue weighted by atomic mass is 16.5. The third-order valence-electron chi connectivity index (χ3n) is 12.4. The fourth-order valence-electron chi connectivity index (χ4n) is 10.3. The molecular weight excluding hydrogens is 436 g/mol. The normalized spacial score (nSPS) is 50.8. The average molecular weight is 489 g/mol. The molecule has 10 atom stereocenters. The molecule has 4 unspecified atom stereocenters. The quantitative estimate of drug-likeness (QED) is 0.517. The lowest BCUT2D eigenvalue weighted by atomic mass is 9.52. The van der Waals surface area contributed by atoms with E-state index in [9.17, 15) is 9.90 Å². The predicted octanol–water partition coefficient (Wildman–Crippen LogP) is 5.06. The van der Waals surface area contributed by atoms with E-state index in [1.54, 1.807) is 6.92 Å². The van der Waals surface area contributed by atoms with Crippen molar-refractivity contribution in [2.45, 2.75) is 130 Å². The smallest absolute Gasteiger partial charge is 0.216 e. The number of aliphatic hydroxyl groups excluding tert-OH is 1. The summed E-state index contributed by atoms with van der Waals surface area (Å²) in [5, 5.41) is 18.0. The summed E-state index contributed by atoms with van der Waals surface area (Å²) in [6.45, 7) is 15.4. The maximum atomic E-state index is 11.4. The first-order chi connectivity index (χ1) is 16.5. The number of aliphatic hydroxyl groups is 1. The Morgan fingerprint density at radius 1 is 1.11 bits per heavy atom. The van der Waals surface area contributed by atoms with Gasteiger partial charge in [-0.25, -0.2) is 0 Å². The summed E-state index contributed by atoms with van der Waals surface area (Å²) < 4.78 is 6.86. The molecule has 200 valence electrons. The summed E-state index contributed by atoms with van der Waals surface area (Å²) >= 11 is 0. The van der Waals surface area contributed by atoms with E-state index in [1.165, 1.54) is 44.9 Å². The van der Waals surface area contributed by atoms with Crippen LogP contribution in [0, 0.1) is 39.4 Å². The van der Waals surface area contributed by atoms with Gasteiger partial charge in [0.25, 0.3) is 0 Å². The number of nitrogens with one attached hydrogen (secondary N) is 2. The van der Waals surface area contributed by atoms with Crippen molar-refractivity contribution in [1.82, 2.24) is 10.6 Å². The molecule has 2 aliphatic heterocycles. The molecule has 5 fully saturated rings. The molecule has 2 heterocycles. The zero-order valence-electron chi connectivity index (χ0n) is 23.3. The van der Waals surface area contributed by atoms with Crippen LogP contribution in [0.25, 0.3) is 0 Å². The molecule has 2 spiro atoms. The van der Waals surface area contributed by atoms with E-state index < -0.39 is 0 Å². The number of amides is 1. The topological polar surface area (TPSA) is 70.6 Å². The third-order valence-corrected chi connectivity index (χ3v) is 12.4. The second kappa shape index (κ2) is 8.98. The fraction of sp³-hybridized carbons (Fsp3) is 0.967. The van der Waals surface area contributed by atoms with E-state index in [1.807, 2.05) is 0 Å². The van der Waals surface area contributed by atoms with Gasteiger partial charge in [0, 0.05) is 26.1 Å². The van der Waals surface area contributed by atoms with Crippen LogP contribution in [0.3, 0.4) is 0 Å². The van der Waals surface area contributed by atoms with E-state index in [2.05, 4.69) is 45.3 Å². The van der Waals surface area contributed by atoms with Gasteiger partial charge in [-0.2, -0.15) is 0 Å². The second-order valence-corrected chi connectivity index (χ2v) is 14.3. The molecule has 0 bridgehead atoms. The Balaban J connectivity index is 1.39. The Bertz CT molecular complexity index is 815. The van der Waals surface area contributed by atoms with Crippen molar-refractivity contribution in [3.05, 3.63) is 0 Å². The summed E-state index contributed by atoms with van der Waals surface area (Å²) in [5.74, 6) is 1.90. The molecule has 0 radical (unpaired) electrons. The minimum Gasteiger partial charge on any atom is -0.393 e. The molecule has 0 aromatic carbocycles. The molecule has 0 aromatic rings. The number of hydrogen-bond donors (Lipinski definition) is 3. The summed E-state index contributed by atoms with van der Waals surface area (Å²) in [7, 11) is 0. The van der Waals surface area contributed by atoms with Crippen LogP contribution in [0.1, 0.15) is 106 Å². The summed E-state index contributed by atoms with van der Waals surface area (Å²) in [5.41, 5.74) is 1.17. The molecule has 2 saturated heterocycles. The largest absolute Gasteiger partial charge is 0.393 e. The monoisotopic (exact) mass is 488 g/mol. The molecule has 0 aromatic heterocycles. The van der Waals surface area contributed by atoms with Gasteiger partial charge in [-0.1, -0.05) is 41.0 Å². The van der Waals surface area contributed by atoms with Crippen LogP contribution in [0.2, 0.25) is 0 Å². The van der Waals surface area contributed by atoms with Crippen molar-refractivity contribution in [3.8, 4) is 0 Å². The van der Waals surface area contributed by atoms with E-state index in [0.29, 0.717) is 46.6 Å².